The number of methoxy groups -OCH3 is 1. The van der Waals surface area contributed by atoms with Crippen molar-refractivity contribution in [3.8, 4) is 11.5 Å². The standard InChI is InChI=1S/C18H17Cl2NO5S/c1-25-16-7-4-12(10-17(16)27(23,24)21-8-2-3-9-21)18(22)26-13-5-6-14(19)15(20)11-13/h4-7,10-11H,2-3,8-9H2,1H3. The SMILES string of the molecule is COc1ccc(C(=O)Oc2ccc(Cl)c(Cl)c2)cc1S(=O)(=O)N1CCCC1. The summed E-state index contributed by atoms with van der Waals surface area (Å²) in [5.74, 6) is -0.337. The molecule has 1 aliphatic rings. The van der Waals surface area contributed by atoms with E-state index in [0.717, 1.165) is 12.8 Å². The molecule has 1 aliphatic heterocycles. The molecule has 0 N–H and O–H groups in total. The second-order valence-corrected chi connectivity index (χ2v) is 8.66. The van der Waals surface area contributed by atoms with Gasteiger partial charge in [-0.2, -0.15) is 4.31 Å². The van der Waals surface area contributed by atoms with Crippen molar-refractivity contribution in [3.63, 3.8) is 0 Å². The summed E-state index contributed by atoms with van der Waals surface area (Å²) >= 11 is 11.8. The van der Waals surface area contributed by atoms with E-state index >= 15 is 0 Å². The lowest BCUT2D eigenvalue weighted by Gasteiger charge is -2.18. The lowest BCUT2D eigenvalue weighted by atomic mass is 10.2. The monoisotopic (exact) mass is 429 g/mol. The maximum absolute atomic E-state index is 12.9. The molecule has 0 radical (unpaired) electrons. The van der Waals surface area contributed by atoms with E-state index in [9.17, 15) is 13.2 Å². The zero-order valence-electron chi connectivity index (χ0n) is 14.4. The molecule has 0 saturated carbocycles. The van der Waals surface area contributed by atoms with Gasteiger partial charge in [0.15, 0.2) is 0 Å². The first-order chi connectivity index (χ1) is 12.8. The molecular formula is C18H17Cl2NO5S. The minimum absolute atomic E-state index is 0.0597. The van der Waals surface area contributed by atoms with Gasteiger partial charge in [-0.1, -0.05) is 23.2 Å². The number of rotatable bonds is 5. The third kappa shape index (κ3) is 4.21. The Morgan fingerprint density at radius 2 is 1.74 bits per heavy atom. The molecule has 3 rings (SSSR count). The smallest absolute Gasteiger partial charge is 0.343 e. The normalized spacial score (nSPS) is 14.9. The summed E-state index contributed by atoms with van der Waals surface area (Å²) in [4.78, 5) is 12.4. The van der Waals surface area contributed by atoms with E-state index < -0.39 is 16.0 Å². The van der Waals surface area contributed by atoms with Crippen molar-refractivity contribution in [3.05, 3.63) is 52.0 Å². The third-order valence-electron chi connectivity index (χ3n) is 4.18. The van der Waals surface area contributed by atoms with Crippen LogP contribution in [0, 0.1) is 0 Å². The molecule has 0 atom stereocenters. The fourth-order valence-corrected chi connectivity index (χ4v) is 4.77. The molecule has 1 saturated heterocycles. The summed E-state index contributed by atoms with van der Waals surface area (Å²) in [5, 5.41) is 0.578. The molecule has 27 heavy (non-hydrogen) atoms. The zero-order valence-corrected chi connectivity index (χ0v) is 16.8. The number of halogens is 2. The number of sulfonamides is 1. The summed E-state index contributed by atoms with van der Waals surface area (Å²) in [6, 6.07) is 8.57. The summed E-state index contributed by atoms with van der Waals surface area (Å²) in [7, 11) is -2.38. The number of benzene rings is 2. The van der Waals surface area contributed by atoms with Crippen molar-refractivity contribution < 1.29 is 22.7 Å². The molecule has 6 nitrogen and oxygen atoms in total. The number of ether oxygens (including phenoxy) is 2. The first-order valence-electron chi connectivity index (χ1n) is 8.18. The maximum atomic E-state index is 12.9. The van der Waals surface area contributed by atoms with E-state index in [1.54, 1.807) is 0 Å². The predicted octanol–water partition coefficient (Wildman–Crippen LogP) is 4.01. The Bertz CT molecular complexity index is 972. The first kappa shape index (κ1) is 19.9. The van der Waals surface area contributed by atoms with Gasteiger partial charge in [-0.3, -0.25) is 0 Å². The molecule has 0 spiro atoms. The van der Waals surface area contributed by atoms with E-state index in [2.05, 4.69) is 0 Å². The van der Waals surface area contributed by atoms with Crippen LogP contribution >= 0.6 is 23.2 Å². The summed E-state index contributed by atoms with van der Waals surface area (Å²) in [5.41, 5.74) is 0.0830. The van der Waals surface area contributed by atoms with Gasteiger partial charge in [0.25, 0.3) is 0 Å². The lowest BCUT2D eigenvalue weighted by molar-refractivity contribution is 0.0734. The maximum Gasteiger partial charge on any atom is 0.343 e. The van der Waals surface area contributed by atoms with Gasteiger partial charge in [-0.15, -0.1) is 0 Å². The molecule has 0 bridgehead atoms. The minimum atomic E-state index is -3.76. The Morgan fingerprint density at radius 1 is 1.04 bits per heavy atom. The molecule has 1 heterocycles. The van der Waals surface area contributed by atoms with Gasteiger partial charge in [0.05, 0.1) is 22.7 Å². The predicted molar refractivity (Wildman–Crippen MR) is 102 cm³/mol. The van der Waals surface area contributed by atoms with Crippen LogP contribution in [0.15, 0.2) is 41.3 Å². The number of carbonyl (C=O) groups is 1. The molecule has 1 fully saturated rings. The molecule has 0 unspecified atom stereocenters. The molecular weight excluding hydrogens is 413 g/mol. The fraction of sp³-hybridized carbons (Fsp3) is 0.278. The van der Waals surface area contributed by atoms with Crippen LogP contribution in [0.3, 0.4) is 0 Å². The second kappa shape index (κ2) is 8.06. The van der Waals surface area contributed by atoms with E-state index in [1.807, 2.05) is 0 Å². The van der Waals surface area contributed by atoms with Crippen LogP contribution in [0.4, 0.5) is 0 Å². The molecule has 2 aromatic rings. The van der Waals surface area contributed by atoms with Gasteiger partial charge >= 0.3 is 5.97 Å². The second-order valence-electron chi connectivity index (χ2n) is 5.94. The molecule has 2 aromatic carbocycles. The van der Waals surface area contributed by atoms with Crippen molar-refractivity contribution in [2.75, 3.05) is 20.2 Å². The van der Waals surface area contributed by atoms with Crippen LogP contribution in [0.1, 0.15) is 23.2 Å². The first-order valence-corrected chi connectivity index (χ1v) is 10.4. The highest BCUT2D eigenvalue weighted by Crippen LogP contribution is 2.31. The summed E-state index contributed by atoms with van der Waals surface area (Å²) < 4.78 is 37.6. The largest absolute Gasteiger partial charge is 0.495 e. The number of hydrogen-bond donors (Lipinski definition) is 0. The topological polar surface area (TPSA) is 72.9 Å². The van der Waals surface area contributed by atoms with Crippen molar-refractivity contribution in [2.45, 2.75) is 17.7 Å². The van der Waals surface area contributed by atoms with E-state index in [1.165, 1.54) is 47.8 Å². The molecule has 0 amide bonds. The molecule has 9 heteroatoms. The minimum Gasteiger partial charge on any atom is -0.495 e. The number of carbonyl (C=O) groups excluding carboxylic acids is 1. The number of nitrogens with zero attached hydrogens (tertiary/aromatic N) is 1. The Hall–Kier alpha value is -1.80. The van der Waals surface area contributed by atoms with Crippen molar-refractivity contribution in [1.29, 1.82) is 0 Å². The highest BCUT2D eigenvalue weighted by Gasteiger charge is 2.31. The lowest BCUT2D eigenvalue weighted by Crippen LogP contribution is -2.28. The van der Waals surface area contributed by atoms with Gasteiger partial charge in [-0.05, 0) is 43.2 Å². The Morgan fingerprint density at radius 3 is 2.37 bits per heavy atom. The van der Waals surface area contributed by atoms with Crippen molar-refractivity contribution in [1.82, 2.24) is 4.31 Å². The third-order valence-corrected chi connectivity index (χ3v) is 6.84. The van der Waals surface area contributed by atoms with Crippen LogP contribution in [0.5, 0.6) is 11.5 Å². The van der Waals surface area contributed by atoms with Crippen LogP contribution in [-0.4, -0.2) is 38.9 Å². The average molecular weight is 430 g/mol. The molecule has 0 aliphatic carbocycles. The summed E-state index contributed by atoms with van der Waals surface area (Å²) in [6.45, 7) is 0.896. The highest BCUT2D eigenvalue weighted by atomic mass is 35.5. The molecule has 144 valence electrons. The van der Waals surface area contributed by atoms with E-state index in [0.29, 0.717) is 18.1 Å². The van der Waals surface area contributed by atoms with Gasteiger partial charge in [0, 0.05) is 19.2 Å². The van der Waals surface area contributed by atoms with Gasteiger partial charge in [0.2, 0.25) is 10.0 Å². The van der Waals surface area contributed by atoms with Crippen LogP contribution in [0.2, 0.25) is 10.0 Å². The number of esters is 1. The zero-order chi connectivity index (χ0) is 19.6. The summed E-state index contributed by atoms with van der Waals surface area (Å²) in [6.07, 6.45) is 1.61. The fourth-order valence-electron chi connectivity index (χ4n) is 2.78. The van der Waals surface area contributed by atoms with E-state index in [-0.39, 0.29) is 27.0 Å². The Balaban J connectivity index is 1.92. The van der Waals surface area contributed by atoms with Crippen LogP contribution in [-0.2, 0) is 10.0 Å². The molecule has 0 aromatic heterocycles. The van der Waals surface area contributed by atoms with Crippen molar-refractivity contribution in [2.24, 2.45) is 0 Å². The quantitative estimate of drug-likeness (QED) is 0.530. The Kier molecular flexibility index (Phi) is 5.95. The van der Waals surface area contributed by atoms with Gasteiger partial charge in [0.1, 0.15) is 16.4 Å². The average Bonchev–Trinajstić information content (AvgIpc) is 3.20. The van der Waals surface area contributed by atoms with Gasteiger partial charge < -0.3 is 9.47 Å². The highest BCUT2D eigenvalue weighted by molar-refractivity contribution is 7.89. The van der Waals surface area contributed by atoms with Crippen LogP contribution in [0.25, 0.3) is 0 Å². The van der Waals surface area contributed by atoms with Crippen molar-refractivity contribution >= 4 is 39.2 Å². The van der Waals surface area contributed by atoms with E-state index in [4.69, 9.17) is 32.7 Å². The Labute approximate surface area is 167 Å². The van der Waals surface area contributed by atoms with Crippen LogP contribution < -0.4 is 9.47 Å². The number of hydrogen-bond acceptors (Lipinski definition) is 5. The van der Waals surface area contributed by atoms with Gasteiger partial charge in [-0.25, -0.2) is 13.2 Å².